The van der Waals surface area contributed by atoms with Gasteiger partial charge >= 0.3 is 0 Å². The summed E-state index contributed by atoms with van der Waals surface area (Å²) in [5.41, 5.74) is 6.14. The molecule has 2 atom stereocenters. The number of ether oxygens (including phenoxy) is 2. The molecule has 2 heterocycles. The number of nitrogens with two attached hydrogens (primary N) is 1. The van der Waals surface area contributed by atoms with E-state index in [2.05, 4.69) is 9.97 Å². The number of nitrogens with zero attached hydrogens (tertiary/aromatic N) is 3. The molecule has 2 unspecified atom stereocenters. The predicted molar refractivity (Wildman–Crippen MR) is 71.7 cm³/mol. The van der Waals surface area contributed by atoms with Gasteiger partial charge < -0.3 is 20.1 Å². The summed E-state index contributed by atoms with van der Waals surface area (Å²) in [7, 11) is 3.35. The summed E-state index contributed by atoms with van der Waals surface area (Å²) in [5.74, 6) is 0.599. The van der Waals surface area contributed by atoms with Crippen LogP contribution >= 0.6 is 12.2 Å². The molecule has 0 aliphatic carbocycles. The molecule has 7 heteroatoms. The van der Waals surface area contributed by atoms with Crippen molar-refractivity contribution in [2.24, 2.45) is 5.73 Å². The summed E-state index contributed by atoms with van der Waals surface area (Å²) < 4.78 is 10.7. The first kappa shape index (κ1) is 13.1. The van der Waals surface area contributed by atoms with Gasteiger partial charge in [-0.3, -0.25) is 0 Å². The van der Waals surface area contributed by atoms with Gasteiger partial charge in [-0.15, -0.1) is 0 Å². The number of thiocarbonyl (C=S) groups is 1. The molecule has 0 radical (unpaired) electrons. The van der Waals surface area contributed by atoms with E-state index in [-0.39, 0.29) is 17.2 Å². The number of anilines is 1. The quantitative estimate of drug-likeness (QED) is 0.768. The molecule has 1 saturated heterocycles. The third-order valence-electron chi connectivity index (χ3n) is 3.00. The monoisotopic (exact) mass is 268 g/mol. The molecule has 1 aromatic rings. The van der Waals surface area contributed by atoms with Gasteiger partial charge in [-0.2, -0.15) is 0 Å². The van der Waals surface area contributed by atoms with Crippen LogP contribution in [-0.2, 0) is 9.47 Å². The smallest absolute Gasteiger partial charge is 0.226 e. The Kier molecular flexibility index (Phi) is 4.05. The van der Waals surface area contributed by atoms with Crippen LogP contribution in [0.3, 0.4) is 0 Å². The second-order valence-corrected chi connectivity index (χ2v) is 4.50. The lowest BCUT2D eigenvalue weighted by Crippen LogP contribution is -2.27. The first-order valence-electron chi connectivity index (χ1n) is 5.59. The average molecular weight is 268 g/mol. The zero-order chi connectivity index (χ0) is 13.1. The van der Waals surface area contributed by atoms with Crippen LogP contribution in [0.1, 0.15) is 5.69 Å². The van der Waals surface area contributed by atoms with Crippen LogP contribution in [0, 0.1) is 0 Å². The van der Waals surface area contributed by atoms with Crippen LogP contribution in [0.15, 0.2) is 12.3 Å². The Hall–Kier alpha value is -1.31. The average Bonchev–Trinajstić information content (AvgIpc) is 2.82. The van der Waals surface area contributed by atoms with Crippen molar-refractivity contribution >= 4 is 23.2 Å². The molecule has 6 nitrogen and oxygen atoms in total. The van der Waals surface area contributed by atoms with Crippen molar-refractivity contribution < 1.29 is 9.47 Å². The minimum Gasteiger partial charge on any atom is -0.388 e. The second-order valence-electron chi connectivity index (χ2n) is 4.06. The molecular weight excluding hydrogens is 252 g/mol. The first-order valence-corrected chi connectivity index (χ1v) is 6.00. The highest BCUT2D eigenvalue weighted by Crippen LogP contribution is 2.20. The SMILES string of the molecule is COC1CN(c2nccc(C(N)=S)n2)CC1OC. The number of aromatic nitrogens is 2. The molecule has 2 rings (SSSR count). The Morgan fingerprint density at radius 3 is 2.50 bits per heavy atom. The summed E-state index contributed by atoms with van der Waals surface area (Å²) >= 11 is 4.91. The van der Waals surface area contributed by atoms with E-state index in [4.69, 9.17) is 27.4 Å². The summed E-state index contributed by atoms with van der Waals surface area (Å²) in [6.45, 7) is 1.38. The van der Waals surface area contributed by atoms with Gasteiger partial charge in [-0.25, -0.2) is 9.97 Å². The van der Waals surface area contributed by atoms with E-state index in [0.717, 1.165) is 0 Å². The molecule has 1 aliphatic heterocycles. The number of rotatable bonds is 4. The first-order chi connectivity index (χ1) is 8.65. The Morgan fingerprint density at radius 1 is 1.39 bits per heavy atom. The van der Waals surface area contributed by atoms with Crippen molar-refractivity contribution in [3.05, 3.63) is 18.0 Å². The molecule has 0 bridgehead atoms. The van der Waals surface area contributed by atoms with E-state index >= 15 is 0 Å². The Balaban J connectivity index is 2.18. The Morgan fingerprint density at radius 2 is 2.00 bits per heavy atom. The molecule has 0 saturated carbocycles. The van der Waals surface area contributed by atoms with E-state index < -0.39 is 0 Å². The van der Waals surface area contributed by atoms with Gasteiger partial charge in [0.2, 0.25) is 5.95 Å². The number of methoxy groups -OCH3 is 2. The molecule has 0 spiro atoms. The highest BCUT2D eigenvalue weighted by Gasteiger charge is 2.34. The largest absolute Gasteiger partial charge is 0.388 e. The second kappa shape index (κ2) is 5.55. The van der Waals surface area contributed by atoms with Crippen molar-refractivity contribution in [2.45, 2.75) is 12.2 Å². The molecular formula is C11H16N4O2S. The highest BCUT2D eigenvalue weighted by molar-refractivity contribution is 7.80. The fourth-order valence-electron chi connectivity index (χ4n) is 2.00. The number of hydrogen-bond donors (Lipinski definition) is 1. The van der Waals surface area contributed by atoms with Gasteiger partial charge in [0.25, 0.3) is 0 Å². The Labute approximate surface area is 111 Å². The van der Waals surface area contributed by atoms with Crippen molar-refractivity contribution in [1.82, 2.24) is 9.97 Å². The third kappa shape index (κ3) is 2.58. The molecule has 1 aliphatic rings. The van der Waals surface area contributed by atoms with E-state index in [0.29, 0.717) is 24.7 Å². The van der Waals surface area contributed by atoms with Crippen LogP contribution in [0.4, 0.5) is 5.95 Å². The molecule has 0 aromatic carbocycles. The van der Waals surface area contributed by atoms with Crippen molar-refractivity contribution in [2.75, 3.05) is 32.2 Å². The topological polar surface area (TPSA) is 73.5 Å². The predicted octanol–water partition coefficient (Wildman–Crippen LogP) is -0.0392. The van der Waals surface area contributed by atoms with Crippen LogP contribution in [0.2, 0.25) is 0 Å². The van der Waals surface area contributed by atoms with Gasteiger partial charge in [0.05, 0.1) is 0 Å². The minimum atomic E-state index is 0.0204. The van der Waals surface area contributed by atoms with E-state index in [1.54, 1.807) is 26.5 Å². The van der Waals surface area contributed by atoms with Gasteiger partial charge in [-0.1, -0.05) is 12.2 Å². The maximum absolute atomic E-state index is 5.56. The Bertz CT molecular complexity index is 431. The fraction of sp³-hybridized carbons (Fsp3) is 0.545. The lowest BCUT2D eigenvalue weighted by atomic mass is 10.3. The van der Waals surface area contributed by atoms with E-state index in [1.165, 1.54) is 0 Å². The minimum absolute atomic E-state index is 0.0204. The zero-order valence-corrected chi connectivity index (χ0v) is 11.2. The molecule has 98 valence electrons. The van der Waals surface area contributed by atoms with Crippen LogP contribution < -0.4 is 10.6 Å². The van der Waals surface area contributed by atoms with Crippen molar-refractivity contribution in [1.29, 1.82) is 0 Å². The zero-order valence-electron chi connectivity index (χ0n) is 10.4. The van der Waals surface area contributed by atoms with Crippen molar-refractivity contribution in [3.8, 4) is 0 Å². The van der Waals surface area contributed by atoms with E-state index in [1.807, 2.05) is 4.90 Å². The maximum atomic E-state index is 5.56. The van der Waals surface area contributed by atoms with Gasteiger partial charge in [0.15, 0.2) is 0 Å². The lowest BCUT2D eigenvalue weighted by Gasteiger charge is -2.15. The standard InChI is InChI=1S/C11H16N4O2S/c1-16-8-5-15(6-9(8)17-2)11-13-4-3-7(14-11)10(12)18/h3-4,8-9H,5-6H2,1-2H3,(H2,12,18). The normalized spacial score (nSPS) is 23.3. The summed E-state index contributed by atoms with van der Waals surface area (Å²) in [6.07, 6.45) is 1.69. The molecule has 1 fully saturated rings. The van der Waals surface area contributed by atoms with E-state index in [9.17, 15) is 0 Å². The highest BCUT2D eigenvalue weighted by atomic mass is 32.1. The molecule has 18 heavy (non-hydrogen) atoms. The van der Waals surface area contributed by atoms with Gasteiger partial charge in [0, 0.05) is 33.5 Å². The van der Waals surface area contributed by atoms with Crippen LogP contribution in [0.5, 0.6) is 0 Å². The van der Waals surface area contributed by atoms with Gasteiger partial charge in [0.1, 0.15) is 22.9 Å². The maximum Gasteiger partial charge on any atom is 0.226 e. The van der Waals surface area contributed by atoms with Crippen LogP contribution in [0.25, 0.3) is 0 Å². The van der Waals surface area contributed by atoms with Crippen molar-refractivity contribution in [3.63, 3.8) is 0 Å². The lowest BCUT2D eigenvalue weighted by molar-refractivity contribution is -0.00461. The van der Waals surface area contributed by atoms with Crippen LogP contribution in [-0.4, -0.2) is 54.5 Å². The fourth-order valence-corrected chi connectivity index (χ4v) is 2.11. The number of hydrogen-bond acceptors (Lipinski definition) is 6. The summed E-state index contributed by atoms with van der Waals surface area (Å²) in [5, 5.41) is 0. The summed E-state index contributed by atoms with van der Waals surface area (Å²) in [4.78, 5) is 10.8. The third-order valence-corrected chi connectivity index (χ3v) is 3.21. The molecule has 0 amide bonds. The molecule has 2 N–H and O–H groups in total. The van der Waals surface area contributed by atoms with Gasteiger partial charge in [-0.05, 0) is 6.07 Å². The summed E-state index contributed by atoms with van der Waals surface area (Å²) in [6, 6.07) is 1.70. The molecule has 1 aromatic heterocycles.